The van der Waals surface area contributed by atoms with E-state index in [1.54, 1.807) is 4.31 Å². The Kier molecular flexibility index (Phi) is 4.41. The van der Waals surface area contributed by atoms with E-state index in [0.29, 0.717) is 19.1 Å². The SMILES string of the molecule is CS(=O)(=O)N1CCN(C2CCCCNC2)CC1. The van der Waals surface area contributed by atoms with Gasteiger partial charge in [0.15, 0.2) is 0 Å². The first kappa shape index (κ1) is 13.3. The van der Waals surface area contributed by atoms with Crippen LogP contribution in [0.25, 0.3) is 0 Å². The molecule has 100 valence electrons. The third-order valence-corrected chi connectivity index (χ3v) is 5.08. The van der Waals surface area contributed by atoms with Gasteiger partial charge in [-0.2, -0.15) is 4.31 Å². The molecule has 0 aromatic heterocycles. The molecule has 5 nitrogen and oxygen atoms in total. The van der Waals surface area contributed by atoms with Gasteiger partial charge in [0.1, 0.15) is 0 Å². The van der Waals surface area contributed by atoms with E-state index in [-0.39, 0.29) is 0 Å². The predicted octanol–water partition coefficient (Wildman–Crippen LogP) is -0.294. The van der Waals surface area contributed by atoms with E-state index in [9.17, 15) is 8.42 Å². The van der Waals surface area contributed by atoms with E-state index in [1.165, 1.54) is 25.5 Å². The van der Waals surface area contributed by atoms with Crippen molar-refractivity contribution >= 4 is 10.0 Å². The van der Waals surface area contributed by atoms with Crippen LogP contribution in [0.2, 0.25) is 0 Å². The molecule has 1 atom stereocenters. The van der Waals surface area contributed by atoms with E-state index in [0.717, 1.165) is 26.2 Å². The summed E-state index contributed by atoms with van der Waals surface area (Å²) in [5, 5.41) is 3.46. The average molecular weight is 261 g/mol. The van der Waals surface area contributed by atoms with Crippen molar-refractivity contribution in [1.29, 1.82) is 0 Å². The van der Waals surface area contributed by atoms with E-state index in [4.69, 9.17) is 0 Å². The molecule has 2 saturated heterocycles. The molecule has 2 aliphatic rings. The minimum atomic E-state index is -3.00. The fraction of sp³-hybridized carbons (Fsp3) is 1.00. The summed E-state index contributed by atoms with van der Waals surface area (Å²) in [7, 11) is -3.00. The summed E-state index contributed by atoms with van der Waals surface area (Å²) >= 11 is 0. The van der Waals surface area contributed by atoms with Gasteiger partial charge in [0.2, 0.25) is 10.0 Å². The second-order valence-electron chi connectivity index (χ2n) is 5.05. The molecule has 2 rings (SSSR count). The minimum absolute atomic E-state index is 0.596. The largest absolute Gasteiger partial charge is 0.315 e. The highest BCUT2D eigenvalue weighted by Crippen LogP contribution is 2.15. The Bertz CT molecular complexity index is 329. The fourth-order valence-corrected chi connectivity index (χ4v) is 3.54. The fourth-order valence-electron chi connectivity index (χ4n) is 2.71. The van der Waals surface area contributed by atoms with E-state index >= 15 is 0 Å². The van der Waals surface area contributed by atoms with Crippen molar-refractivity contribution in [1.82, 2.24) is 14.5 Å². The monoisotopic (exact) mass is 261 g/mol. The highest BCUT2D eigenvalue weighted by atomic mass is 32.2. The lowest BCUT2D eigenvalue weighted by Crippen LogP contribution is -2.53. The van der Waals surface area contributed by atoms with Gasteiger partial charge in [-0.15, -0.1) is 0 Å². The van der Waals surface area contributed by atoms with Crippen molar-refractivity contribution in [2.45, 2.75) is 25.3 Å². The molecule has 0 bridgehead atoms. The molecule has 17 heavy (non-hydrogen) atoms. The van der Waals surface area contributed by atoms with Gasteiger partial charge >= 0.3 is 0 Å². The Morgan fingerprint density at radius 2 is 1.82 bits per heavy atom. The zero-order valence-corrected chi connectivity index (χ0v) is 11.4. The number of hydrogen-bond acceptors (Lipinski definition) is 4. The Labute approximate surface area is 104 Å². The topological polar surface area (TPSA) is 52.7 Å². The van der Waals surface area contributed by atoms with Crippen LogP contribution in [0, 0.1) is 0 Å². The van der Waals surface area contributed by atoms with Crippen LogP contribution in [0.4, 0.5) is 0 Å². The number of piperazine rings is 1. The van der Waals surface area contributed by atoms with Crippen LogP contribution >= 0.6 is 0 Å². The lowest BCUT2D eigenvalue weighted by molar-refractivity contribution is 0.132. The molecule has 0 spiro atoms. The molecule has 0 amide bonds. The maximum Gasteiger partial charge on any atom is 0.211 e. The summed E-state index contributed by atoms with van der Waals surface area (Å²) in [6.07, 6.45) is 5.09. The Morgan fingerprint density at radius 1 is 1.12 bits per heavy atom. The summed E-state index contributed by atoms with van der Waals surface area (Å²) in [5.41, 5.74) is 0. The van der Waals surface area contributed by atoms with Crippen LogP contribution in [0.3, 0.4) is 0 Å². The van der Waals surface area contributed by atoms with E-state index in [1.807, 2.05) is 0 Å². The lowest BCUT2D eigenvalue weighted by Gasteiger charge is -2.38. The quantitative estimate of drug-likeness (QED) is 0.742. The maximum atomic E-state index is 11.4. The molecule has 0 aromatic carbocycles. The second kappa shape index (κ2) is 5.65. The van der Waals surface area contributed by atoms with Gasteiger partial charge in [0.05, 0.1) is 6.26 Å². The zero-order valence-electron chi connectivity index (χ0n) is 10.6. The van der Waals surface area contributed by atoms with Crippen LogP contribution in [-0.4, -0.2) is 69.2 Å². The predicted molar refractivity (Wildman–Crippen MR) is 68.5 cm³/mol. The number of rotatable bonds is 2. The number of sulfonamides is 1. The molecular formula is C11H23N3O2S. The van der Waals surface area contributed by atoms with Gasteiger partial charge in [0.25, 0.3) is 0 Å². The molecular weight excluding hydrogens is 238 g/mol. The molecule has 2 aliphatic heterocycles. The molecule has 0 aliphatic carbocycles. The summed E-state index contributed by atoms with van der Waals surface area (Å²) < 4.78 is 24.4. The van der Waals surface area contributed by atoms with E-state index < -0.39 is 10.0 Å². The molecule has 0 radical (unpaired) electrons. The van der Waals surface area contributed by atoms with Crippen LogP contribution in [-0.2, 0) is 10.0 Å². The van der Waals surface area contributed by atoms with Gasteiger partial charge < -0.3 is 5.32 Å². The molecule has 1 unspecified atom stereocenters. The van der Waals surface area contributed by atoms with Crippen LogP contribution in [0.15, 0.2) is 0 Å². The van der Waals surface area contributed by atoms with Crippen molar-refractivity contribution in [3.63, 3.8) is 0 Å². The van der Waals surface area contributed by atoms with Crippen molar-refractivity contribution in [2.75, 3.05) is 45.5 Å². The zero-order chi connectivity index (χ0) is 12.3. The van der Waals surface area contributed by atoms with Crippen molar-refractivity contribution in [3.8, 4) is 0 Å². The third kappa shape index (κ3) is 3.64. The van der Waals surface area contributed by atoms with Gasteiger partial charge in [-0.1, -0.05) is 6.42 Å². The second-order valence-corrected chi connectivity index (χ2v) is 7.03. The summed E-state index contributed by atoms with van der Waals surface area (Å²) in [6.45, 7) is 5.22. The first-order chi connectivity index (χ1) is 8.07. The number of nitrogens with one attached hydrogen (secondary N) is 1. The maximum absolute atomic E-state index is 11.4. The van der Waals surface area contributed by atoms with Crippen LogP contribution < -0.4 is 5.32 Å². The first-order valence-electron chi connectivity index (χ1n) is 6.47. The number of nitrogens with zero attached hydrogens (tertiary/aromatic N) is 2. The first-order valence-corrected chi connectivity index (χ1v) is 8.32. The van der Waals surface area contributed by atoms with Crippen molar-refractivity contribution < 1.29 is 8.42 Å². The number of hydrogen-bond donors (Lipinski definition) is 1. The minimum Gasteiger partial charge on any atom is -0.315 e. The third-order valence-electron chi connectivity index (χ3n) is 3.78. The van der Waals surface area contributed by atoms with Crippen LogP contribution in [0.5, 0.6) is 0 Å². The van der Waals surface area contributed by atoms with Gasteiger partial charge in [0, 0.05) is 38.8 Å². The average Bonchev–Trinajstić information content (AvgIpc) is 2.56. The summed E-state index contributed by atoms with van der Waals surface area (Å²) in [5.74, 6) is 0. The van der Waals surface area contributed by atoms with Gasteiger partial charge in [-0.25, -0.2) is 8.42 Å². The summed E-state index contributed by atoms with van der Waals surface area (Å²) in [6, 6.07) is 0.596. The van der Waals surface area contributed by atoms with Crippen molar-refractivity contribution in [3.05, 3.63) is 0 Å². The van der Waals surface area contributed by atoms with Crippen LogP contribution in [0.1, 0.15) is 19.3 Å². The smallest absolute Gasteiger partial charge is 0.211 e. The molecule has 1 N–H and O–H groups in total. The molecule has 2 heterocycles. The normalized spacial score (nSPS) is 30.1. The van der Waals surface area contributed by atoms with E-state index in [2.05, 4.69) is 10.2 Å². The Hall–Kier alpha value is -0.170. The Morgan fingerprint density at radius 3 is 2.47 bits per heavy atom. The molecule has 2 fully saturated rings. The highest BCUT2D eigenvalue weighted by molar-refractivity contribution is 7.88. The lowest BCUT2D eigenvalue weighted by atomic mass is 10.1. The molecule has 0 aromatic rings. The Balaban J connectivity index is 1.85. The highest BCUT2D eigenvalue weighted by Gasteiger charge is 2.27. The molecule has 0 saturated carbocycles. The standard InChI is InChI=1S/C11H23N3O2S/c1-17(15,16)14-8-6-13(7-9-14)11-4-2-3-5-12-10-11/h11-12H,2-10H2,1H3. The van der Waals surface area contributed by atoms with Gasteiger partial charge in [-0.3, -0.25) is 4.90 Å². The van der Waals surface area contributed by atoms with Gasteiger partial charge in [-0.05, 0) is 19.4 Å². The summed E-state index contributed by atoms with van der Waals surface area (Å²) in [4.78, 5) is 2.44. The molecule has 6 heteroatoms. The van der Waals surface area contributed by atoms with Crippen molar-refractivity contribution in [2.24, 2.45) is 0 Å².